The third-order valence-corrected chi connectivity index (χ3v) is 3.14. The number of carbonyl (C=O) groups excluding carboxylic acids is 2. The van der Waals surface area contributed by atoms with Gasteiger partial charge in [0.05, 0.1) is 19.2 Å². The van der Waals surface area contributed by atoms with Crippen LogP contribution in [0.2, 0.25) is 0 Å². The van der Waals surface area contributed by atoms with Crippen molar-refractivity contribution in [1.82, 2.24) is 20.9 Å². The number of rotatable bonds is 6. The zero-order valence-electron chi connectivity index (χ0n) is 15.1. The lowest BCUT2D eigenvalue weighted by atomic mass is 10.1. The topological polar surface area (TPSA) is 104 Å². The van der Waals surface area contributed by atoms with Gasteiger partial charge in [0.25, 0.3) is 0 Å². The summed E-state index contributed by atoms with van der Waals surface area (Å²) >= 11 is 0. The largest absolute Gasteiger partial charge is 0.444 e. The van der Waals surface area contributed by atoms with Crippen molar-refractivity contribution in [1.29, 1.82) is 0 Å². The van der Waals surface area contributed by atoms with E-state index < -0.39 is 5.60 Å². The van der Waals surface area contributed by atoms with Gasteiger partial charge in [-0.25, -0.2) is 4.79 Å². The van der Waals surface area contributed by atoms with Gasteiger partial charge in [-0.3, -0.25) is 9.79 Å². The van der Waals surface area contributed by atoms with Crippen molar-refractivity contribution in [3.05, 3.63) is 0 Å². The van der Waals surface area contributed by atoms with Crippen LogP contribution >= 0.6 is 0 Å². The predicted molar refractivity (Wildman–Crippen MR) is 91.0 cm³/mol. The number of hydrogen-bond donors (Lipinski definition) is 3. The minimum Gasteiger partial charge on any atom is -0.444 e. The van der Waals surface area contributed by atoms with Crippen LogP contribution in [0.15, 0.2) is 4.99 Å². The van der Waals surface area contributed by atoms with E-state index in [1.807, 2.05) is 20.8 Å². The lowest BCUT2D eigenvalue weighted by Crippen LogP contribution is -2.63. The van der Waals surface area contributed by atoms with Crippen molar-refractivity contribution in [2.75, 3.05) is 46.9 Å². The number of nitrogens with zero attached hydrogens (tertiary/aromatic N) is 2. The number of nitrogens with one attached hydrogen (secondary N) is 3. The summed E-state index contributed by atoms with van der Waals surface area (Å²) in [5.41, 5.74) is -0.497. The molecule has 0 unspecified atom stereocenters. The fraction of sp³-hybridized carbons (Fsp3) is 0.800. The standard InChI is InChI=1S/C15H29N5O4/c1-15(2,3)24-14(22)20-9-11(10-20)19-13(16-4)18-8-12(21)17-6-7-23-5/h11H,6-10H2,1-5H3,(H,17,21)(H2,16,18,19). The van der Waals surface area contributed by atoms with E-state index in [-0.39, 0.29) is 24.6 Å². The molecule has 0 saturated carbocycles. The molecule has 0 aromatic carbocycles. The molecule has 1 rings (SSSR count). The highest BCUT2D eigenvalue weighted by Gasteiger charge is 2.34. The molecule has 1 aliphatic rings. The first-order valence-electron chi connectivity index (χ1n) is 7.96. The molecule has 0 bridgehead atoms. The summed E-state index contributed by atoms with van der Waals surface area (Å²) in [6.45, 7) is 7.65. The number of methoxy groups -OCH3 is 1. The summed E-state index contributed by atoms with van der Waals surface area (Å²) < 4.78 is 10.2. The van der Waals surface area contributed by atoms with Gasteiger partial charge in [0, 0.05) is 33.8 Å². The maximum Gasteiger partial charge on any atom is 0.410 e. The Morgan fingerprint density at radius 3 is 2.46 bits per heavy atom. The highest BCUT2D eigenvalue weighted by Crippen LogP contribution is 2.14. The van der Waals surface area contributed by atoms with Crippen molar-refractivity contribution in [2.45, 2.75) is 32.4 Å². The highest BCUT2D eigenvalue weighted by molar-refractivity contribution is 5.86. The fourth-order valence-corrected chi connectivity index (χ4v) is 1.95. The van der Waals surface area contributed by atoms with E-state index >= 15 is 0 Å². The van der Waals surface area contributed by atoms with Gasteiger partial charge in [-0.15, -0.1) is 0 Å². The van der Waals surface area contributed by atoms with Crippen LogP contribution in [0.4, 0.5) is 4.79 Å². The molecule has 0 spiro atoms. The van der Waals surface area contributed by atoms with E-state index in [9.17, 15) is 9.59 Å². The quantitative estimate of drug-likeness (QED) is 0.342. The van der Waals surface area contributed by atoms with Crippen LogP contribution in [0.25, 0.3) is 0 Å². The third-order valence-electron chi connectivity index (χ3n) is 3.14. The van der Waals surface area contributed by atoms with E-state index in [1.54, 1.807) is 19.1 Å². The van der Waals surface area contributed by atoms with Crippen molar-refractivity contribution in [3.63, 3.8) is 0 Å². The second kappa shape index (κ2) is 9.31. The molecule has 1 fully saturated rings. The fourth-order valence-electron chi connectivity index (χ4n) is 1.95. The van der Waals surface area contributed by atoms with Crippen LogP contribution in [0.5, 0.6) is 0 Å². The Hall–Kier alpha value is -2.03. The monoisotopic (exact) mass is 343 g/mol. The molecule has 1 saturated heterocycles. The molecule has 3 N–H and O–H groups in total. The van der Waals surface area contributed by atoms with Crippen molar-refractivity contribution in [2.24, 2.45) is 4.99 Å². The van der Waals surface area contributed by atoms with Gasteiger partial charge in [0.1, 0.15) is 5.60 Å². The number of likely N-dealkylation sites (tertiary alicyclic amines) is 1. The van der Waals surface area contributed by atoms with Crippen LogP contribution in [-0.2, 0) is 14.3 Å². The molecule has 0 aliphatic carbocycles. The summed E-state index contributed by atoms with van der Waals surface area (Å²) in [6, 6.07) is 0.0836. The molecule has 1 heterocycles. The minimum absolute atomic E-state index is 0.0836. The van der Waals surface area contributed by atoms with Gasteiger partial charge in [-0.1, -0.05) is 0 Å². The zero-order chi connectivity index (χ0) is 18.2. The number of ether oxygens (including phenoxy) is 2. The molecule has 0 aromatic heterocycles. The summed E-state index contributed by atoms with van der Waals surface area (Å²) in [7, 11) is 3.21. The van der Waals surface area contributed by atoms with E-state index in [2.05, 4.69) is 20.9 Å². The second-order valence-corrected chi connectivity index (χ2v) is 6.50. The van der Waals surface area contributed by atoms with Gasteiger partial charge in [-0.05, 0) is 20.8 Å². The van der Waals surface area contributed by atoms with Crippen molar-refractivity contribution >= 4 is 18.0 Å². The lowest BCUT2D eigenvalue weighted by molar-refractivity contribution is -0.120. The molecular formula is C15H29N5O4. The van der Waals surface area contributed by atoms with Gasteiger partial charge >= 0.3 is 6.09 Å². The maximum atomic E-state index is 11.8. The van der Waals surface area contributed by atoms with Crippen LogP contribution in [0, 0.1) is 0 Å². The number of amides is 2. The molecule has 0 aromatic rings. The second-order valence-electron chi connectivity index (χ2n) is 6.50. The van der Waals surface area contributed by atoms with Crippen molar-refractivity contribution in [3.8, 4) is 0 Å². The molecule has 0 atom stereocenters. The summed E-state index contributed by atoms with van der Waals surface area (Å²) in [6.07, 6.45) is -0.319. The smallest absolute Gasteiger partial charge is 0.410 e. The zero-order valence-corrected chi connectivity index (χ0v) is 15.1. The number of guanidine groups is 1. The van der Waals surface area contributed by atoms with E-state index in [1.165, 1.54) is 0 Å². The molecule has 2 amide bonds. The Morgan fingerprint density at radius 2 is 1.92 bits per heavy atom. The Morgan fingerprint density at radius 1 is 1.25 bits per heavy atom. The molecule has 9 heteroatoms. The van der Waals surface area contributed by atoms with Crippen LogP contribution < -0.4 is 16.0 Å². The van der Waals surface area contributed by atoms with Crippen LogP contribution in [-0.4, -0.2) is 81.4 Å². The van der Waals surface area contributed by atoms with Gasteiger partial charge in [-0.2, -0.15) is 0 Å². The van der Waals surface area contributed by atoms with E-state index in [0.29, 0.717) is 32.2 Å². The van der Waals surface area contributed by atoms with E-state index in [4.69, 9.17) is 9.47 Å². The Kier molecular flexibility index (Phi) is 7.76. The Bertz CT molecular complexity index is 455. The van der Waals surface area contributed by atoms with Crippen molar-refractivity contribution < 1.29 is 19.1 Å². The van der Waals surface area contributed by atoms with Crippen LogP contribution in [0.1, 0.15) is 20.8 Å². The molecule has 1 aliphatic heterocycles. The average molecular weight is 343 g/mol. The lowest BCUT2D eigenvalue weighted by Gasteiger charge is -2.40. The van der Waals surface area contributed by atoms with Crippen LogP contribution in [0.3, 0.4) is 0 Å². The first-order chi connectivity index (χ1) is 11.2. The number of carbonyl (C=O) groups is 2. The summed E-state index contributed by atoms with van der Waals surface area (Å²) in [5, 5.41) is 8.80. The minimum atomic E-state index is -0.497. The molecular weight excluding hydrogens is 314 g/mol. The third kappa shape index (κ3) is 7.49. The van der Waals surface area contributed by atoms with Gasteiger partial charge in [0.15, 0.2) is 5.96 Å². The van der Waals surface area contributed by atoms with Gasteiger partial charge < -0.3 is 30.3 Å². The first-order valence-corrected chi connectivity index (χ1v) is 7.96. The maximum absolute atomic E-state index is 11.8. The highest BCUT2D eigenvalue weighted by atomic mass is 16.6. The summed E-state index contributed by atoms with van der Waals surface area (Å²) in [4.78, 5) is 29.1. The molecule has 0 radical (unpaired) electrons. The average Bonchev–Trinajstić information content (AvgIpc) is 2.43. The Balaban J connectivity index is 2.24. The molecule has 9 nitrogen and oxygen atoms in total. The molecule has 24 heavy (non-hydrogen) atoms. The number of hydrogen-bond acceptors (Lipinski definition) is 5. The van der Waals surface area contributed by atoms with E-state index in [0.717, 1.165) is 0 Å². The SMILES string of the molecule is CN=C(NCC(=O)NCCOC)NC1CN(C(=O)OC(C)(C)C)C1. The molecule has 138 valence electrons. The number of aliphatic imine (C=N–C) groups is 1. The first kappa shape index (κ1) is 20.0. The van der Waals surface area contributed by atoms with Gasteiger partial charge in [0.2, 0.25) is 5.91 Å². The normalized spacial score (nSPS) is 15.5. The summed E-state index contributed by atoms with van der Waals surface area (Å²) in [5.74, 6) is 0.379. The Labute approximate surface area is 143 Å². The predicted octanol–water partition coefficient (Wildman–Crippen LogP) is -0.467.